The second kappa shape index (κ2) is 17.3. The first-order valence-electron chi connectivity index (χ1n) is 18.2. The lowest BCUT2D eigenvalue weighted by atomic mass is 9.86. The number of amides is 1. The molecule has 288 valence electrons. The number of pyridine rings is 1. The molecule has 0 radical (unpaired) electrons. The van der Waals surface area contributed by atoms with Gasteiger partial charge in [0.05, 0.1) is 22.2 Å². The Morgan fingerprint density at radius 1 is 0.855 bits per heavy atom. The molecule has 10 nitrogen and oxygen atoms in total. The predicted molar refractivity (Wildman–Crippen MR) is 200 cm³/mol. The van der Waals surface area contributed by atoms with Gasteiger partial charge in [0.2, 0.25) is 0 Å². The Balaban J connectivity index is 1.12. The average Bonchev–Trinajstić information content (AvgIpc) is 4.03. The number of hydrogen-bond acceptors (Lipinski definition) is 9. The average molecular weight is 795 g/mol. The lowest BCUT2D eigenvalue weighted by Gasteiger charge is -2.44. The van der Waals surface area contributed by atoms with Crippen LogP contribution in [0.2, 0.25) is 10.0 Å². The van der Waals surface area contributed by atoms with Crippen molar-refractivity contribution in [3.8, 4) is 11.5 Å². The van der Waals surface area contributed by atoms with Crippen LogP contribution in [0, 0.1) is 11.8 Å². The van der Waals surface area contributed by atoms with Gasteiger partial charge in [-0.2, -0.15) is 8.78 Å². The van der Waals surface area contributed by atoms with Gasteiger partial charge in [-0.25, -0.2) is 9.59 Å². The first kappa shape index (κ1) is 38.5. The minimum absolute atomic E-state index is 0.0102. The zero-order valence-electron chi connectivity index (χ0n) is 29.7. The zero-order chi connectivity index (χ0) is 38.5. The maximum absolute atomic E-state index is 13.9. The highest BCUT2D eigenvalue weighted by molar-refractivity contribution is 6.35. The van der Waals surface area contributed by atoms with Gasteiger partial charge in [-0.15, -0.1) is 0 Å². The van der Waals surface area contributed by atoms with E-state index in [0.29, 0.717) is 35.8 Å². The third-order valence-electron chi connectivity index (χ3n) is 10.2. The van der Waals surface area contributed by atoms with E-state index in [-0.39, 0.29) is 51.1 Å². The van der Waals surface area contributed by atoms with E-state index in [9.17, 15) is 23.2 Å². The van der Waals surface area contributed by atoms with Crippen molar-refractivity contribution in [3.63, 3.8) is 0 Å². The van der Waals surface area contributed by atoms with Gasteiger partial charge in [0.15, 0.2) is 17.5 Å². The Labute approximate surface area is 327 Å². The van der Waals surface area contributed by atoms with Crippen LogP contribution in [0.15, 0.2) is 85.2 Å². The number of esters is 2. The number of rotatable bonds is 15. The highest BCUT2D eigenvalue weighted by Gasteiger charge is 2.38. The highest BCUT2D eigenvalue weighted by Crippen LogP contribution is 2.38. The minimum atomic E-state index is -3.08. The Kier molecular flexibility index (Phi) is 12.1. The summed E-state index contributed by atoms with van der Waals surface area (Å²) in [6.07, 6.45) is 5.36. The normalized spacial score (nSPS) is 20.0. The molecule has 8 rings (SSSR count). The Hall–Kier alpha value is -4.78. The fourth-order valence-electron chi connectivity index (χ4n) is 6.95. The largest absolute Gasteiger partial charge is 0.489 e. The number of carbonyl (C=O) groups is 3. The molecule has 1 N–H and O–H groups in total. The maximum Gasteiger partial charge on any atom is 0.387 e. The summed E-state index contributed by atoms with van der Waals surface area (Å²) in [5.74, 6) is -1.46. The van der Waals surface area contributed by atoms with Crippen LogP contribution in [0.5, 0.6) is 11.5 Å². The van der Waals surface area contributed by atoms with E-state index in [0.717, 1.165) is 38.8 Å². The standard InChI is InChI=1S/C41H39Cl2F2N3O7/c42-31-20-46-21-32(43)30(31)19-34(27-11-12-33(55-41(44)45)35(18-27)52-23-24-9-10-24)53-39(50)29-8-4-7-28(17-29)38(49)47-37(26-5-2-1-3-6-26)40(51)54-36-22-48-15-13-25(36)14-16-48/h1-8,11-12,17-18,20-21,24-25,34,36-37,41H,9-10,13-16,19,22-23H2,(H,47,49)/t34-,36-,37?/m0/s1. The van der Waals surface area contributed by atoms with Crippen LogP contribution >= 0.6 is 23.2 Å². The lowest BCUT2D eigenvalue weighted by Crippen LogP contribution is -2.52. The number of hydrogen-bond donors (Lipinski definition) is 1. The molecule has 2 bridgehead atoms. The van der Waals surface area contributed by atoms with E-state index in [2.05, 4.69) is 15.2 Å². The summed E-state index contributed by atoms with van der Waals surface area (Å²) >= 11 is 12.9. The number of nitrogens with one attached hydrogen (secondary N) is 1. The van der Waals surface area contributed by atoms with E-state index in [1.807, 2.05) is 6.07 Å². The molecule has 3 aromatic carbocycles. The van der Waals surface area contributed by atoms with Crippen molar-refractivity contribution < 1.29 is 42.1 Å². The third kappa shape index (κ3) is 9.73. The van der Waals surface area contributed by atoms with Gasteiger partial charge in [-0.1, -0.05) is 65.7 Å². The maximum atomic E-state index is 13.9. The summed E-state index contributed by atoms with van der Waals surface area (Å²) < 4.78 is 49.2. The van der Waals surface area contributed by atoms with E-state index in [1.165, 1.54) is 54.9 Å². The molecule has 1 amide bonds. The van der Waals surface area contributed by atoms with Crippen LogP contribution in [0.25, 0.3) is 0 Å². The van der Waals surface area contributed by atoms with Crippen LogP contribution in [-0.4, -0.2) is 66.7 Å². The molecule has 1 aliphatic carbocycles. The van der Waals surface area contributed by atoms with Crippen molar-refractivity contribution >= 4 is 41.0 Å². The second-order valence-corrected chi connectivity index (χ2v) is 14.8. The fraction of sp³-hybridized carbons (Fsp3) is 0.366. The van der Waals surface area contributed by atoms with Crippen LogP contribution in [0.3, 0.4) is 0 Å². The summed E-state index contributed by atoms with van der Waals surface area (Å²) in [7, 11) is 0. The van der Waals surface area contributed by atoms with Crippen LogP contribution in [-0.2, 0) is 20.7 Å². The molecule has 1 aromatic heterocycles. The second-order valence-electron chi connectivity index (χ2n) is 14.0. The Morgan fingerprint density at radius 3 is 2.25 bits per heavy atom. The minimum Gasteiger partial charge on any atom is -0.489 e. The number of carbonyl (C=O) groups excluding carboxylic acids is 3. The number of alkyl halides is 2. The topological polar surface area (TPSA) is 116 Å². The molecule has 3 atom stereocenters. The van der Waals surface area contributed by atoms with Gasteiger partial charge in [0.1, 0.15) is 12.2 Å². The van der Waals surface area contributed by atoms with Gasteiger partial charge in [0, 0.05) is 30.9 Å². The van der Waals surface area contributed by atoms with Crippen molar-refractivity contribution in [1.82, 2.24) is 15.2 Å². The van der Waals surface area contributed by atoms with Crippen molar-refractivity contribution in [3.05, 3.63) is 123 Å². The van der Waals surface area contributed by atoms with Crippen molar-refractivity contribution in [1.29, 1.82) is 0 Å². The van der Waals surface area contributed by atoms with Crippen LogP contribution < -0.4 is 14.8 Å². The van der Waals surface area contributed by atoms with Crippen molar-refractivity contribution in [2.75, 3.05) is 26.2 Å². The molecule has 4 aromatic rings. The Bertz CT molecular complexity index is 1990. The quantitative estimate of drug-likeness (QED) is 0.120. The van der Waals surface area contributed by atoms with Crippen molar-refractivity contribution in [2.45, 2.75) is 57.0 Å². The van der Waals surface area contributed by atoms with E-state index >= 15 is 0 Å². The summed E-state index contributed by atoms with van der Waals surface area (Å²) in [4.78, 5) is 47.5. The van der Waals surface area contributed by atoms with E-state index in [1.54, 1.807) is 24.3 Å². The highest BCUT2D eigenvalue weighted by atomic mass is 35.5. The summed E-state index contributed by atoms with van der Waals surface area (Å²) in [6, 6.07) is 18.0. The first-order valence-corrected chi connectivity index (χ1v) is 19.0. The molecule has 3 saturated heterocycles. The van der Waals surface area contributed by atoms with Crippen LogP contribution in [0.4, 0.5) is 8.78 Å². The Morgan fingerprint density at radius 2 is 1.58 bits per heavy atom. The monoisotopic (exact) mass is 793 g/mol. The third-order valence-corrected chi connectivity index (χ3v) is 10.8. The van der Waals surface area contributed by atoms with Gasteiger partial charge < -0.3 is 24.3 Å². The SMILES string of the molecule is O=C(NC(C(=O)O[C@H]1CN2CCC1CC2)c1ccccc1)c1cccc(C(=O)O[C@@H](Cc2c(Cl)cncc2Cl)c2ccc(OC(F)F)c(OCC3CC3)c2)c1. The van der Waals surface area contributed by atoms with Gasteiger partial charge in [-0.3, -0.25) is 14.7 Å². The van der Waals surface area contributed by atoms with Crippen molar-refractivity contribution in [2.24, 2.45) is 11.8 Å². The number of nitrogens with zero attached hydrogens (tertiary/aromatic N) is 2. The van der Waals surface area contributed by atoms with Gasteiger partial charge >= 0.3 is 18.6 Å². The molecule has 55 heavy (non-hydrogen) atoms. The molecular formula is C41H39Cl2F2N3O7. The number of piperidine rings is 3. The molecule has 4 fully saturated rings. The smallest absolute Gasteiger partial charge is 0.387 e. The van der Waals surface area contributed by atoms with E-state index < -0.39 is 36.6 Å². The molecule has 1 unspecified atom stereocenters. The molecule has 14 heteroatoms. The number of halogens is 4. The molecule has 4 aliphatic rings. The molecule has 1 saturated carbocycles. The zero-order valence-corrected chi connectivity index (χ0v) is 31.2. The van der Waals surface area contributed by atoms with E-state index in [4.69, 9.17) is 42.1 Å². The summed E-state index contributed by atoms with van der Waals surface area (Å²) in [6.45, 7) is -0.131. The van der Waals surface area contributed by atoms with Gasteiger partial charge in [-0.05, 0) is 97.6 Å². The summed E-state index contributed by atoms with van der Waals surface area (Å²) in [5.41, 5.74) is 1.53. The number of benzene rings is 3. The summed E-state index contributed by atoms with van der Waals surface area (Å²) in [5, 5.41) is 3.28. The molecule has 3 aliphatic heterocycles. The number of fused-ring (bicyclic) bond motifs is 3. The number of ether oxygens (including phenoxy) is 4. The van der Waals surface area contributed by atoms with Gasteiger partial charge in [0.25, 0.3) is 5.91 Å². The van der Waals surface area contributed by atoms with Crippen LogP contribution in [0.1, 0.15) is 75.2 Å². The molecular weight excluding hydrogens is 755 g/mol. The fourth-order valence-corrected chi connectivity index (χ4v) is 7.47. The number of aromatic nitrogens is 1. The lowest BCUT2D eigenvalue weighted by molar-refractivity contribution is -0.161. The molecule has 4 heterocycles. The molecule has 0 spiro atoms. The first-order chi connectivity index (χ1) is 26.6. The predicted octanol–water partition coefficient (Wildman–Crippen LogP) is 8.03.